The molecule has 264 valence electrons. The Morgan fingerprint density at radius 1 is 0.880 bits per heavy atom. The first kappa shape index (κ1) is 34.7. The Bertz CT molecular complexity index is 1800. The van der Waals surface area contributed by atoms with Crippen molar-refractivity contribution in [1.82, 2.24) is 35.1 Å². The van der Waals surface area contributed by atoms with Crippen molar-refractivity contribution < 1.29 is 29.0 Å². The molecular weight excluding hydrogens is 638 g/mol. The van der Waals surface area contributed by atoms with E-state index < -0.39 is 18.2 Å². The van der Waals surface area contributed by atoms with Gasteiger partial charge in [0, 0.05) is 25.6 Å². The molecule has 2 aliphatic heterocycles. The molecule has 2 aromatic carbocycles. The van der Waals surface area contributed by atoms with E-state index in [0.29, 0.717) is 25.4 Å². The highest BCUT2D eigenvalue weighted by atomic mass is 16.5. The minimum atomic E-state index is -0.955. The van der Waals surface area contributed by atoms with Crippen LogP contribution in [0.4, 0.5) is 9.59 Å². The van der Waals surface area contributed by atoms with E-state index in [-0.39, 0.29) is 35.9 Å². The fraction of sp³-hybridized carbons (Fsp3) is 0.432. The molecule has 13 nitrogen and oxygen atoms in total. The van der Waals surface area contributed by atoms with Gasteiger partial charge in [-0.25, -0.2) is 19.6 Å². The van der Waals surface area contributed by atoms with Crippen molar-refractivity contribution in [3.05, 3.63) is 72.6 Å². The third kappa shape index (κ3) is 7.09. The fourth-order valence-corrected chi connectivity index (χ4v) is 7.22. The molecular formula is C37H45N7O6. The lowest BCUT2D eigenvalue weighted by Gasteiger charge is -2.32. The summed E-state index contributed by atoms with van der Waals surface area (Å²) in [5.41, 5.74) is 5.72. The summed E-state index contributed by atoms with van der Waals surface area (Å²) in [5.74, 6) is 1.24. The normalized spacial score (nSPS) is 21.1. The maximum atomic E-state index is 13.7. The number of carboxylic acid groups (broad SMARTS) is 1. The summed E-state index contributed by atoms with van der Waals surface area (Å²) in [7, 11) is 2.92. The van der Waals surface area contributed by atoms with E-state index in [1.54, 1.807) is 19.5 Å². The first-order valence-corrected chi connectivity index (χ1v) is 17.0. The lowest BCUT2D eigenvalue weighted by atomic mass is 10.0. The van der Waals surface area contributed by atoms with Crippen LogP contribution >= 0.6 is 0 Å². The van der Waals surface area contributed by atoms with Gasteiger partial charge in [0.1, 0.15) is 17.7 Å². The van der Waals surface area contributed by atoms with Gasteiger partial charge in [-0.15, -0.1) is 0 Å². The summed E-state index contributed by atoms with van der Waals surface area (Å²) >= 11 is 0. The average Bonchev–Trinajstić information content (AvgIpc) is 3.93. The number of H-pyrrole nitrogens is 2. The van der Waals surface area contributed by atoms with Crippen molar-refractivity contribution in [2.75, 3.05) is 27.4 Å². The summed E-state index contributed by atoms with van der Waals surface area (Å²) in [6.45, 7) is 6.77. The first-order chi connectivity index (χ1) is 24.1. The lowest BCUT2D eigenvalue weighted by Crippen LogP contribution is -2.52. The molecule has 4 heterocycles. The summed E-state index contributed by atoms with van der Waals surface area (Å²) in [6, 6.07) is 15.1. The van der Waals surface area contributed by atoms with Crippen LogP contribution < -0.4 is 5.32 Å². The van der Waals surface area contributed by atoms with Crippen molar-refractivity contribution in [2.45, 2.75) is 64.2 Å². The van der Waals surface area contributed by atoms with Gasteiger partial charge < -0.3 is 34.8 Å². The topological polar surface area (TPSA) is 166 Å². The van der Waals surface area contributed by atoms with Gasteiger partial charge in [-0.3, -0.25) is 9.69 Å². The maximum absolute atomic E-state index is 13.7. The average molecular weight is 684 g/mol. The molecule has 2 fully saturated rings. The third-order valence-corrected chi connectivity index (χ3v) is 9.90. The molecule has 13 heteroatoms. The van der Waals surface area contributed by atoms with E-state index in [2.05, 4.69) is 49.5 Å². The molecule has 2 aromatic heterocycles. The van der Waals surface area contributed by atoms with Gasteiger partial charge in [0.25, 0.3) is 0 Å². The minimum Gasteiger partial charge on any atom is -0.465 e. The number of nitrogens with zero attached hydrogens (tertiary/aromatic N) is 4. The number of benzene rings is 2. The number of alkyl carbamates (subject to hydrolysis) is 1. The number of aromatic nitrogens is 4. The maximum Gasteiger partial charge on any atom is 0.407 e. The van der Waals surface area contributed by atoms with Gasteiger partial charge >= 0.3 is 12.2 Å². The molecule has 5 atom stereocenters. The third-order valence-electron chi connectivity index (χ3n) is 9.90. The highest BCUT2D eigenvalue weighted by Gasteiger charge is 2.41. The first-order valence-electron chi connectivity index (χ1n) is 17.0. The number of nitrogens with one attached hydrogen (secondary N) is 3. The largest absolute Gasteiger partial charge is 0.465 e. The zero-order valence-electron chi connectivity index (χ0n) is 29.1. The lowest BCUT2D eigenvalue weighted by molar-refractivity contribution is -0.137. The number of carbonyl (C=O) groups excluding carboxylic acids is 2. The fourth-order valence-electron chi connectivity index (χ4n) is 7.22. The number of amides is 3. The van der Waals surface area contributed by atoms with Crippen molar-refractivity contribution >= 4 is 18.1 Å². The molecule has 3 amide bonds. The van der Waals surface area contributed by atoms with Gasteiger partial charge in [-0.1, -0.05) is 62.4 Å². The second-order valence-corrected chi connectivity index (χ2v) is 13.6. The van der Waals surface area contributed by atoms with Crippen LogP contribution in [-0.4, -0.2) is 92.4 Å². The van der Waals surface area contributed by atoms with Crippen molar-refractivity contribution in [3.63, 3.8) is 0 Å². The monoisotopic (exact) mass is 683 g/mol. The minimum absolute atomic E-state index is 0.00572. The Balaban J connectivity index is 1.13. The van der Waals surface area contributed by atoms with Crippen LogP contribution in [0.15, 0.2) is 60.9 Å². The smallest absolute Gasteiger partial charge is 0.407 e. The number of ether oxygens (including phenoxy) is 2. The molecule has 0 bridgehead atoms. The van der Waals surface area contributed by atoms with Crippen LogP contribution in [0.5, 0.6) is 0 Å². The van der Waals surface area contributed by atoms with Crippen LogP contribution in [0.2, 0.25) is 0 Å². The van der Waals surface area contributed by atoms with E-state index in [4.69, 9.17) is 9.47 Å². The Morgan fingerprint density at radius 2 is 1.42 bits per heavy atom. The number of imidazole rings is 2. The second kappa shape index (κ2) is 14.8. The summed E-state index contributed by atoms with van der Waals surface area (Å²) in [6.07, 6.45) is 4.24. The highest BCUT2D eigenvalue weighted by molar-refractivity contribution is 5.86. The quantitative estimate of drug-likeness (QED) is 0.152. The molecule has 50 heavy (non-hydrogen) atoms. The standard InChI is InChI=1S/C37H45N7O6/c1-21(2)32(42-36(46)50-5)35(45)44-22(3)6-15-30(44)33-38-17-28(40-33)26-11-7-24(8-12-26)25-9-13-27(14-10-25)29-18-39-34(41-29)31-16-23(20-49-4)19-43(31)37(47)48/h7-14,17-18,21-23,30-32H,6,15-16,19-20H2,1-5H3,(H,38,40)(H,39,41)(H,42,46)(H,47,48)/t22-,23?,30-,31?,32-/m0/s1. The van der Waals surface area contributed by atoms with Crippen LogP contribution in [0, 0.1) is 11.8 Å². The number of carbonyl (C=O) groups is 3. The van der Waals surface area contributed by atoms with E-state index in [9.17, 15) is 19.5 Å². The summed E-state index contributed by atoms with van der Waals surface area (Å²) in [5, 5.41) is 12.4. The van der Waals surface area contributed by atoms with E-state index in [1.165, 1.54) is 12.0 Å². The second-order valence-electron chi connectivity index (χ2n) is 13.6. The Labute approximate surface area is 291 Å². The molecule has 0 radical (unpaired) electrons. The van der Waals surface area contributed by atoms with Crippen molar-refractivity contribution in [2.24, 2.45) is 11.8 Å². The Kier molecular flexibility index (Phi) is 10.2. The summed E-state index contributed by atoms with van der Waals surface area (Å²) in [4.78, 5) is 56.8. The molecule has 0 spiro atoms. The zero-order valence-corrected chi connectivity index (χ0v) is 29.1. The summed E-state index contributed by atoms with van der Waals surface area (Å²) < 4.78 is 10.0. The predicted octanol–water partition coefficient (Wildman–Crippen LogP) is 6.25. The number of hydrogen-bond donors (Lipinski definition) is 4. The van der Waals surface area contributed by atoms with E-state index in [0.717, 1.165) is 52.3 Å². The van der Waals surface area contributed by atoms with E-state index >= 15 is 0 Å². The molecule has 4 aromatic rings. The number of aromatic amines is 2. The molecule has 0 aliphatic carbocycles. The number of likely N-dealkylation sites (tertiary alicyclic amines) is 2. The molecule has 2 saturated heterocycles. The molecule has 2 aliphatic rings. The van der Waals surface area contributed by atoms with Gasteiger partial charge in [0.2, 0.25) is 5.91 Å². The zero-order chi connectivity index (χ0) is 35.5. The number of hydrogen-bond acceptors (Lipinski definition) is 7. The Hall–Kier alpha value is -5.17. The molecule has 4 N–H and O–H groups in total. The highest BCUT2D eigenvalue weighted by Crippen LogP contribution is 2.38. The Morgan fingerprint density at radius 3 is 1.92 bits per heavy atom. The number of methoxy groups -OCH3 is 2. The van der Waals surface area contributed by atoms with Crippen LogP contribution in [0.3, 0.4) is 0 Å². The van der Waals surface area contributed by atoms with Gasteiger partial charge in [-0.2, -0.15) is 0 Å². The van der Waals surface area contributed by atoms with Crippen molar-refractivity contribution in [3.8, 4) is 33.6 Å². The molecule has 0 saturated carbocycles. The van der Waals surface area contributed by atoms with Gasteiger partial charge in [0.05, 0.1) is 49.6 Å². The van der Waals surface area contributed by atoms with Gasteiger partial charge in [0.15, 0.2) is 0 Å². The molecule has 2 unspecified atom stereocenters. The van der Waals surface area contributed by atoms with E-state index in [1.807, 2.05) is 49.9 Å². The molecule has 6 rings (SSSR count). The SMILES string of the molecule is COCC1CC(c2ncc(-c3ccc(-c4ccc(-c5cnc([C@@H]6CC[C@H](C)N6C(=O)[C@@H](NC(=O)OC)C(C)C)[nH]5)cc4)cc3)[nH]2)N(C(=O)O)C1. The van der Waals surface area contributed by atoms with Crippen LogP contribution in [0.25, 0.3) is 33.6 Å². The van der Waals surface area contributed by atoms with Crippen molar-refractivity contribution in [1.29, 1.82) is 0 Å². The van der Waals surface area contributed by atoms with Gasteiger partial charge in [-0.05, 0) is 54.4 Å². The van der Waals surface area contributed by atoms with Crippen LogP contribution in [0.1, 0.15) is 63.8 Å². The van der Waals surface area contributed by atoms with Crippen LogP contribution in [-0.2, 0) is 14.3 Å². The predicted molar refractivity (Wildman–Crippen MR) is 187 cm³/mol. The number of rotatable bonds is 10.